The molecular weight excluding hydrogens is 196 g/mol. The van der Waals surface area contributed by atoms with Crippen molar-refractivity contribution < 1.29 is 13.9 Å². The van der Waals surface area contributed by atoms with Crippen LogP contribution in [-0.4, -0.2) is 25.7 Å². The van der Waals surface area contributed by atoms with E-state index in [2.05, 4.69) is 5.32 Å². The molecule has 0 aromatic carbocycles. The fourth-order valence-corrected chi connectivity index (χ4v) is 1.21. The zero-order chi connectivity index (χ0) is 11.3. The average molecular weight is 212 g/mol. The van der Waals surface area contributed by atoms with Gasteiger partial charge in [-0.25, -0.2) is 0 Å². The Bertz CT molecular complexity index is 322. The van der Waals surface area contributed by atoms with Crippen LogP contribution in [0.1, 0.15) is 11.3 Å². The van der Waals surface area contributed by atoms with E-state index in [1.54, 1.807) is 6.26 Å². The molecule has 0 aliphatic carbocycles. The molecule has 0 saturated heterocycles. The van der Waals surface area contributed by atoms with Crippen molar-refractivity contribution in [1.82, 2.24) is 5.32 Å². The van der Waals surface area contributed by atoms with E-state index in [-0.39, 0.29) is 6.61 Å². The summed E-state index contributed by atoms with van der Waals surface area (Å²) in [5.41, 5.74) is 6.23. The molecule has 0 spiro atoms. The fourth-order valence-electron chi connectivity index (χ4n) is 1.21. The SMILES string of the molecule is COCC(NCc1occc1C)C(N)=O. The van der Waals surface area contributed by atoms with E-state index in [1.165, 1.54) is 7.11 Å². The first kappa shape index (κ1) is 11.7. The van der Waals surface area contributed by atoms with Crippen LogP contribution in [0.2, 0.25) is 0 Å². The van der Waals surface area contributed by atoms with E-state index in [0.717, 1.165) is 11.3 Å². The summed E-state index contributed by atoms with van der Waals surface area (Å²) in [4.78, 5) is 11.0. The van der Waals surface area contributed by atoms with Crippen molar-refractivity contribution in [2.24, 2.45) is 5.73 Å². The predicted octanol–water partition coefficient (Wildman–Crippen LogP) is 0.178. The minimum Gasteiger partial charge on any atom is -0.468 e. The van der Waals surface area contributed by atoms with Crippen LogP contribution in [0, 0.1) is 6.92 Å². The van der Waals surface area contributed by atoms with E-state index in [0.29, 0.717) is 6.54 Å². The lowest BCUT2D eigenvalue weighted by Gasteiger charge is -2.13. The molecule has 0 saturated carbocycles. The van der Waals surface area contributed by atoms with Crippen molar-refractivity contribution in [2.75, 3.05) is 13.7 Å². The summed E-state index contributed by atoms with van der Waals surface area (Å²) in [5.74, 6) is 0.374. The number of carbonyl (C=O) groups excluding carboxylic acids is 1. The smallest absolute Gasteiger partial charge is 0.236 e. The van der Waals surface area contributed by atoms with Crippen LogP contribution in [0.15, 0.2) is 16.7 Å². The average Bonchev–Trinajstić information content (AvgIpc) is 2.58. The summed E-state index contributed by atoms with van der Waals surface area (Å²) in [5, 5.41) is 2.97. The monoisotopic (exact) mass is 212 g/mol. The lowest BCUT2D eigenvalue weighted by atomic mass is 10.2. The molecule has 0 radical (unpaired) electrons. The lowest BCUT2D eigenvalue weighted by Crippen LogP contribution is -2.44. The summed E-state index contributed by atoms with van der Waals surface area (Å²) < 4.78 is 10.1. The maximum atomic E-state index is 11.0. The highest BCUT2D eigenvalue weighted by Crippen LogP contribution is 2.08. The number of carbonyl (C=O) groups is 1. The van der Waals surface area contributed by atoms with Gasteiger partial charge in [0.1, 0.15) is 11.8 Å². The highest BCUT2D eigenvalue weighted by molar-refractivity contribution is 5.79. The van der Waals surface area contributed by atoms with Crippen molar-refractivity contribution in [3.8, 4) is 0 Å². The lowest BCUT2D eigenvalue weighted by molar-refractivity contribution is -0.121. The summed E-state index contributed by atoms with van der Waals surface area (Å²) in [7, 11) is 1.52. The second-order valence-corrected chi connectivity index (χ2v) is 3.32. The number of amides is 1. The van der Waals surface area contributed by atoms with Crippen LogP contribution in [0.3, 0.4) is 0 Å². The number of rotatable bonds is 6. The van der Waals surface area contributed by atoms with Gasteiger partial charge in [0.2, 0.25) is 5.91 Å². The topological polar surface area (TPSA) is 77.5 Å². The van der Waals surface area contributed by atoms with Gasteiger partial charge in [0.25, 0.3) is 0 Å². The van der Waals surface area contributed by atoms with Gasteiger partial charge >= 0.3 is 0 Å². The molecule has 1 unspecified atom stereocenters. The molecule has 0 bridgehead atoms. The Balaban J connectivity index is 2.47. The number of nitrogens with one attached hydrogen (secondary N) is 1. The summed E-state index contributed by atoms with van der Waals surface area (Å²) in [6, 6.07) is 1.38. The van der Waals surface area contributed by atoms with Crippen molar-refractivity contribution >= 4 is 5.91 Å². The highest BCUT2D eigenvalue weighted by atomic mass is 16.5. The van der Waals surface area contributed by atoms with Gasteiger partial charge in [-0.05, 0) is 18.6 Å². The minimum atomic E-state index is -0.487. The maximum Gasteiger partial charge on any atom is 0.236 e. The van der Waals surface area contributed by atoms with Crippen molar-refractivity contribution in [3.63, 3.8) is 0 Å². The molecule has 0 fully saturated rings. The number of hydrogen-bond acceptors (Lipinski definition) is 4. The molecule has 84 valence electrons. The number of methoxy groups -OCH3 is 1. The van der Waals surface area contributed by atoms with Gasteiger partial charge in [0, 0.05) is 7.11 Å². The quantitative estimate of drug-likeness (QED) is 0.705. The predicted molar refractivity (Wildman–Crippen MR) is 55.1 cm³/mol. The van der Waals surface area contributed by atoms with Crippen LogP contribution in [0.4, 0.5) is 0 Å². The summed E-state index contributed by atoms with van der Waals surface area (Å²) in [6.07, 6.45) is 1.61. The Morgan fingerprint density at radius 2 is 2.47 bits per heavy atom. The van der Waals surface area contributed by atoms with Crippen molar-refractivity contribution in [3.05, 3.63) is 23.7 Å². The normalized spacial score (nSPS) is 12.7. The number of ether oxygens (including phenoxy) is 1. The second kappa shape index (κ2) is 5.53. The largest absolute Gasteiger partial charge is 0.468 e. The first-order valence-corrected chi connectivity index (χ1v) is 4.69. The van der Waals surface area contributed by atoms with Crippen LogP contribution < -0.4 is 11.1 Å². The standard InChI is InChI=1S/C10H16N2O3/c1-7-3-4-15-9(7)5-12-8(6-14-2)10(11)13/h3-4,8,12H,5-6H2,1-2H3,(H2,11,13). The van der Waals surface area contributed by atoms with Crippen LogP contribution in [0.25, 0.3) is 0 Å². The molecule has 0 aliphatic heterocycles. The van der Waals surface area contributed by atoms with Crippen molar-refractivity contribution in [2.45, 2.75) is 19.5 Å². The van der Waals surface area contributed by atoms with Gasteiger partial charge in [-0.1, -0.05) is 0 Å². The molecule has 1 heterocycles. The van der Waals surface area contributed by atoms with Gasteiger partial charge in [-0.3, -0.25) is 10.1 Å². The van der Waals surface area contributed by atoms with Gasteiger partial charge < -0.3 is 14.9 Å². The molecule has 1 atom stereocenters. The highest BCUT2D eigenvalue weighted by Gasteiger charge is 2.15. The van der Waals surface area contributed by atoms with Crippen LogP contribution in [-0.2, 0) is 16.1 Å². The van der Waals surface area contributed by atoms with E-state index in [9.17, 15) is 4.79 Å². The van der Waals surface area contributed by atoms with Gasteiger partial charge in [-0.15, -0.1) is 0 Å². The zero-order valence-electron chi connectivity index (χ0n) is 8.95. The molecule has 1 aromatic rings. The Kier molecular flexibility index (Phi) is 4.33. The Hall–Kier alpha value is -1.33. The van der Waals surface area contributed by atoms with Crippen LogP contribution in [0.5, 0.6) is 0 Å². The second-order valence-electron chi connectivity index (χ2n) is 3.32. The van der Waals surface area contributed by atoms with Gasteiger partial charge in [-0.2, -0.15) is 0 Å². The van der Waals surface area contributed by atoms with Crippen LogP contribution >= 0.6 is 0 Å². The Labute approximate surface area is 88.6 Å². The van der Waals surface area contributed by atoms with Gasteiger partial charge in [0.05, 0.1) is 19.4 Å². The minimum absolute atomic E-state index is 0.259. The molecule has 5 nitrogen and oxygen atoms in total. The summed E-state index contributed by atoms with van der Waals surface area (Å²) in [6.45, 7) is 2.67. The molecule has 15 heavy (non-hydrogen) atoms. The van der Waals surface area contributed by atoms with E-state index in [4.69, 9.17) is 14.9 Å². The molecule has 1 amide bonds. The Morgan fingerprint density at radius 1 is 1.73 bits per heavy atom. The third-order valence-electron chi connectivity index (χ3n) is 2.15. The van der Waals surface area contributed by atoms with Gasteiger partial charge in [0.15, 0.2) is 0 Å². The summed E-state index contributed by atoms with van der Waals surface area (Å²) >= 11 is 0. The van der Waals surface area contributed by atoms with E-state index < -0.39 is 11.9 Å². The number of aryl methyl sites for hydroxylation is 1. The third kappa shape index (κ3) is 3.38. The maximum absolute atomic E-state index is 11.0. The molecule has 0 aliphatic rings. The third-order valence-corrected chi connectivity index (χ3v) is 2.15. The molecule has 3 N–H and O–H groups in total. The van der Waals surface area contributed by atoms with Crippen molar-refractivity contribution in [1.29, 1.82) is 0 Å². The molecule has 1 aromatic heterocycles. The number of hydrogen-bond donors (Lipinski definition) is 2. The van der Waals surface area contributed by atoms with E-state index in [1.807, 2.05) is 13.0 Å². The van der Waals surface area contributed by atoms with E-state index >= 15 is 0 Å². The first-order chi connectivity index (χ1) is 7.15. The number of nitrogens with two attached hydrogens (primary N) is 1. The zero-order valence-corrected chi connectivity index (χ0v) is 8.95. The number of furan rings is 1. The molecule has 5 heteroatoms. The Morgan fingerprint density at radius 3 is 2.93 bits per heavy atom. The molecule has 1 rings (SSSR count). The molecular formula is C10H16N2O3. The fraction of sp³-hybridized carbons (Fsp3) is 0.500. The first-order valence-electron chi connectivity index (χ1n) is 4.69. The number of primary amides is 1.